The molecule has 2 aromatic carbocycles. The quantitative estimate of drug-likeness (QED) is 0.579. The highest BCUT2D eigenvalue weighted by atomic mass is 32.2. The Kier molecular flexibility index (Phi) is 7.15. The van der Waals surface area contributed by atoms with Crippen molar-refractivity contribution in [3.05, 3.63) is 65.7 Å². The van der Waals surface area contributed by atoms with Gasteiger partial charge in [0.25, 0.3) is 5.91 Å². The van der Waals surface area contributed by atoms with Crippen molar-refractivity contribution in [1.29, 1.82) is 0 Å². The molecular weight excluding hydrogens is 340 g/mol. The molecule has 1 atom stereocenters. The standard InChI is InChI=1S/C22H28N2OS/c1-18-6-5-14-24(16-18)17-19-9-11-20(12-10-19)22(25)23-13-15-26-21-7-3-2-4-8-21/h2-4,7-12,18H,5-6,13-17H2,1H3,(H,23,25)/t18-/m0/s1. The van der Waals surface area contributed by atoms with E-state index in [0.717, 1.165) is 23.8 Å². The van der Waals surface area contributed by atoms with Gasteiger partial charge in [-0.05, 0) is 55.1 Å². The largest absolute Gasteiger partial charge is 0.351 e. The summed E-state index contributed by atoms with van der Waals surface area (Å²) in [6.07, 6.45) is 2.64. The van der Waals surface area contributed by atoms with Gasteiger partial charge in [-0.3, -0.25) is 9.69 Å². The molecule has 1 aliphatic rings. The Hall–Kier alpha value is -1.78. The van der Waals surface area contributed by atoms with E-state index in [9.17, 15) is 4.79 Å². The van der Waals surface area contributed by atoms with Crippen LogP contribution in [0.25, 0.3) is 0 Å². The summed E-state index contributed by atoms with van der Waals surface area (Å²) in [7, 11) is 0. The van der Waals surface area contributed by atoms with Gasteiger partial charge in [-0.25, -0.2) is 0 Å². The molecule has 1 aliphatic heterocycles. The van der Waals surface area contributed by atoms with Crippen molar-refractivity contribution < 1.29 is 4.79 Å². The van der Waals surface area contributed by atoms with E-state index in [1.165, 1.54) is 36.4 Å². The predicted octanol–water partition coefficient (Wildman–Crippen LogP) is 4.44. The number of carbonyl (C=O) groups excluding carboxylic acids is 1. The summed E-state index contributed by atoms with van der Waals surface area (Å²) in [4.78, 5) is 16.0. The van der Waals surface area contributed by atoms with Crippen LogP contribution in [0.1, 0.15) is 35.7 Å². The third-order valence-corrected chi connectivity index (χ3v) is 5.78. The number of likely N-dealkylation sites (tertiary alicyclic amines) is 1. The molecule has 0 aromatic heterocycles. The average molecular weight is 369 g/mol. The zero-order valence-corrected chi connectivity index (χ0v) is 16.3. The molecule has 138 valence electrons. The van der Waals surface area contributed by atoms with Gasteiger partial charge in [0.2, 0.25) is 0 Å². The van der Waals surface area contributed by atoms with Crippen LogP contribution in [0.4, 0.5) is 0 Å². The van der Waals surface area contributed by atoms with Crippen molar-refractivity contribution in [2.75, 3.05) is 25.4 Å². The molecule has 4 heteroatoms. The highest BCUT2D eigenvalue weighted by molar-refractivity contribution is 7.99. The molecule has 0 spiro atoms. The summed E-state index contributed by atoms with van der Waals surface area (Å²) in [5.74, 6) is 1.68. The van der Waals surface area contributed by atoms with E-state index in [-0.39, 0.29) is 5.91 Å². The second-order valence-corrected chi connectivity index (χ2v) is 8.27. The average Bonchev–Trinajstić information content (AvgIpc) is 2.66. The van der Waals surface area contributed by atoms with Crippen LogP contribution in [0.2, 0.25) is 0 Å². The Morgan fingerprint density at radius 3 is 2.65 bits per heavy atom. The number of benzene rings is 2. The minimum absolute atomic E-state index is 0.0109. The summed E-state index contributed by atoms with van der Waals surface area (Å²) in [5.41, 5.74) is 2.03. The van der Waals surface area contributed by atoms with Crippen LogP contribution < -0.4 is 5.32 Å². The highest BCUT2D eigenvalue weighted by Gasteiger charge is 2.16. The van der Waals surface area contributed by atoms with Crippen molar-refractivity contribution >= 4 is 17.7 Å². The SMILES string of the molecule is C[C@H]1CCCN(Cc2ccc(C(=O)NCCSc3ccccc3)cc2)C1. The van der Waals surface area contributed by atoms with E-state index in [2.05, 4.69) is 41.4 Å². The van der Waals surface area contributed by atoms with Crippen LogP contribution in [0, 0.1) is 5.92 Å². The van der Waals surface area contributed by atoms with Crippen LogP contribution in [0.15, 0.2) is 59.5 Å². The van der Waals surface area contributed by atoms with Gasteiger partial charge in [-0.1, -0.05) is 37.3 Å². The molecule has 1 N–H and O–H groups in total. The van der Waals surface area contributed by atoms with Gasteiger partial charge in [0.15, 0.2) is 0 Å². The first-order valence-corrected chi connectivity index (χ1v) is 10.5. The van der Waals surface area contributed by atoms with Crippen molar-refractivity contribution in [2.45, 2.75) is 31.2 Å². The van der Waals surface area contributed by atoms with Crippen LogP contribution in [0.5, 0.6) is 0 Å². The monoisotopic (exact) mass is 368 g/mol. The van der Waals surface area contributed by atoms with E-state index < -0.39 is 0 Å². The molecule has 0 saturated carbocycles. The van der Waals surface area contributed by atoms with Gasteiger partial charge in [-0.2, -0.15) is 0 Å². The van der Waals surface area contributed by atoms with Crippen molar-refractivity contribution in [3.63, 3.8) is 0 Å². The van der Waals surface area contributed by atoms with Gasteiger partial charge >= 0.3 is 0 Å². The number of nitrogens with zero attached hydrogens (tertiary/aromatic N) is 1. The second kappa shape index (κ2) is 9.79. The lowest BCUT2D eigenvalue weighted by molar-refractivity contribution is 0.0956. The first kappa shape index (κ1) is 19.0. The number of carbonyl (C=O) groups is 1. The zero-order valence-electron chi connectivity index (χ0n) is 15.5. The molecule has 1 heterocycles. The lowest BCUT2D eigenvalue weighted by Crippen LogP contribution is -2.33. The lowest BCUT2D eigenvalue weighted by Gasteiger charge is -2.30. The molecule has 0 unspecified atom stereocenters. The minimum atomic E-state index is 0.0109. The third-order valence-electron chi connectivity index (χ3n) is 4.76. The van der Waals surface area contributed by atoms with Crippen LogP contribution in [-0.2, 0) is 6.54 Å². The van der Waals surface area contributed by atoms with Crippen LogP contribution >= 0.6 is 11.8 Å². The van der Waals surface area contributed by atoms with Gasteiger partial charge in [0.05, 0.1) is 0 Å². The number of hydrogen-bond donors (Lipinski definition) is 1. The number of amides is 1. The van der Waals surface area contributed by atoms with Crippen molar-refractivity contribution in [3.8, 4) is 0 Å². The topological polar surface area (TPSA) is 32.3 Å². The molecule has 1 saturated heterocycles. The van der Waals surface area contributed by atoms with Crippen LogP contribution in [0.3, 0.4) is 0 Å². The van der Waals surface area contributed by atoms with Gasteiger partial charge < -0.3 is 5.32 Å². The fraction of sp³-hybridized carbons (Fsp3) is 0.409. The third kappa shape index (κ3) is 5.89. The summed E-state index contributed by atoms with van der Waals surface area (Å²) >= 11 is 1.76. The second-order valence-electron chi connectivity index (χ2n) is 7.10. The Morgan fingerprint density at radius 2 is 1.92 bits per heavy atom. The Balaban J connectivity index is 1.41. The number of nitrogens with one attached hydrogen (secondary N) is 1. The molecular formula is C22H28N2OS. The molecule has 3 rings (SSSR count). The summed E-state index contributed by atoms with van der Waals surface area (Å²) in [5, 5.41) is 3.01. The van der Waals surface area contributed by atoms with E-state index in [0.29, 0.717) is 6.54 Å². The van der Waals surface area contributed by atoms with E-state index >= 15 is 0 Å². The number of thioether (sulfide) groups is 1. The summed E-state index contributed by atoms with van der Waals surface area (Å²) in [6.45, 7) is 6.36. The van der Waals surface area contributed by atoms with E-state index in [4.69, 9.17) is 0 Å². The maximum atomic E-state index is 12.3. The predicted molar refractivity (Wildman–Crippen MR) is 110 cm³/mol. The molecule has 0 bridgehead atoms. The van der Waals surface area contributed by atoms with Gasteiger partial charge in [0, 0.05) is 35.8 Å². The van der Waals surface area contributed by atoms with E-state index in [1.54, 1.807) is 11.8 Å². The minimum Gasteiger partial charge on any atom is -0.351 e. The van der Waals surface area contributed by atoms with E-state index in [1.807, 2.05) is 30.3 Å². The summed E-state index contributed by atoms with van der Waals surface area (Å²) in [6, 6.07) is 18.3. The number of piperidine rings is 1. The molecule has 26 heavy (non-hydrogen) atoms. The number of rotatable bonds is 7. The smallest absolute Gasteiger partial charge is 0.251 e. The van der Waals surface area contributed by atoms with Gasteiger partial charge in [-0.15, -0.1) is 11.8 Å². The van der Waals surface area contributed by atoms with Crippen molar-refractivity contribution in [1.82, 2.24) is 10.2 Å². The van der Waals surface area contributed by atoms with Gasteiger partial charge in [0.1, 0.15) is 0 Å². The maximum absolute atomic E-state index is 12.3. The molecule has 1 fully saturated rings. The highest BCUT2D eigenvalue weighted by Crippen LogP contribution is 2.18. The number of hydrogen-bond acceptors (Lipinski definition) is 3. The zero-order chi connectivity index (χ0) is 18.2. The normalized spacial score (nSPS) is 17.8. The Bertz CT molecular complexity index is 687. The van der Waals surface area contributed by atoms with Crippen molar-refractivity contribution in [2.24, 2.45) is 5.92 Å². The fourth-order valence-corrected chi connectivity index (χ4v) is 4.19. The molecule has 0 radical (unpaired) electrons. The lowest BCUT2D eigenvalue weighted by atomic mass is 9.99. The molecule has 3 nitrogen and oxygen atoms in total. The first-order chi connectivity index (χ1) is 12.7. The fourth-order valence-electron chi connectivity index (χ4n) is 3.40. The first-order valence-electron chi connectivity index (χ1n) is 9.48. The molecule has 2 aromatic rings. The Morgan fingerprint density at radius 1 is 1.15 bits per heavy atom. The molecule has 1 amide bonds. The summed E-state index contributed by atoms with van der Waals surface area (Å²) < 4.78 is 0. The Labute approximate surface area is 161 Å². The van der Waals surface area contributed by atoms with Crippen LogP contribution in [-0.4, -0.2) is 36.2 Å². The maximum Gasteiger partial charge on any atom is 0.251 e. The molecule has 0 aliphatic carbocycles.